The molecule has 0 aliphatic heterocycles. The number of hydrogen-bond donors (Lipinski definition) is 1. The molecule has 0 aromatic carbocycles. The van der Waals surface area contributed by atoms with Crippen molar-refractivity contribution >= 4 is 0 Å². The topological polar surface area (TPSA) is 35.2 Å². The second kappa shape index (κ2) is 4.55. The lowest BCUT2D eigenvalue weighted by Gasteiger charge is -2.33. The lowest BCUT2D eigenvalue weighted by molar-refractivity contribution is -0.0619. The molecule has 2 heteroatoms. The summed E-state index contributed by atoms with van der Waals surface area (Å²) in [6.07, 6.45) is 8.63. The van der Waals surface area contributed by atoms with Gasteiger partial charge in [-0.15, -0.1) is 0 Å². The van der Waals surface area contributed by atoms with Gasteiger partial charge >= 0.3 is 0 Å². The summed E-state index contributed by atoms with van der Waals surface area (Å²) in [7, 11) is 0. The molecule has 0 saturated heterocycles. The van der Waals surface area contributed by atoms with E-state index in [1.54, 1.807) is 0 Å². The van der Waals surface area contributed by atoms with Crippen molar-refractivity contribution in [2.45, 2.75) is 64.7 Å². The zero-order valence-corrected chi connectivity index (χ0v) is 11.3. The van der Waals surface area contributed by atoms with E-state index in [2.05, 4.69) is 13.8 Å². The first-order chi connectivity index (χ1) is 8.15. The molecule has 0 spiro atoms. The summed E-state index contributed by atoms with van der Waals surface area (Å²) >= 11 is 0. The lowest BCUT2D eigenvalue weighted by Crippen LogP contribution is -2.37. The molecule has 0 amide bonds. The Bertz CT molecular complexity index is 278. The van der Waals surface area contributed by atoms with E-state index < -0.39 is 0 Å². The third-order valence-corrected chi connectivity index (χ3v) is 5.42. The molecule has 3 saturated carbocycles. The van der Waals surface area contributed by atoms with E-state index in [0.29, 0.717) is 12.0 Å². The second-order valence-electron chi connectivity index (χ2n) is 7.00. The summed E-state index contributed by atoms with van der Waals surface area (Å²) in [6.45, 7) is 4.44. The molecule has 98 valence electrons. The van der Waals surface area contributed by atoms with Crippen LogP contribution in [-0.2, 0) is 4.74 Å². The van der Waals surface area contributed by atoms with Crippen molar-refractivity contribution in [2.24, 2.45) is 35.3 Å². The number of hydrogen-bond acceptors (Lipinski definition) is 2. The van der Waals surface area contributed by atoms with Crippen molar-refractivity contribution in [1.29, 1.82) is 0 Å². The number of ether oxygens (including phenoxy) is 1. The van der Waals surface area contributed by atoms with E-state index in [0.717, 1.165) is 30.1 Å². The monoisotopic (exact) mass is 237 g/mol. The van der Waals surface area contributed by atoms with Gasteiger partial charge in [-0.2, -0.15) is 0 Å². The van der Waals surface area contributed by atoms with Gasteiger partial charge in [0.25, 0.3) is 0 Å². The Labute approximate surface area is 105 Å². The fourth-order valence-corrected chi connectivity index (χ4v) is 4.91. The zero-order chi connectivity index (χ0) is 12.0. The predicted octanol–water partition coefficient (Wildman–Crippen LogP) is 3.16. The van der Waals surface area contributed by atoms with E-state index >= 15 is 0 Å². The maximum absolute atomic E-state index is 6.14. The minimum absolute atomic E-state index is 0.0285. The number of fused-ring (bicyclic) bond motifs is 5. The quantitative estimate of drug-likeness (QED) is 0.762. The van der Waals surface area contributed by atoms with E-state index in [1.807, 2.05) is 0 Å². The molecule has 0 heterocycles. The van der Waals surface area contributed by atoms with Crippen LogP contribution in [0.25, 0.3) is 0 Å². The SMILES string of the molecule is CC(C)CC(N)OC1CC2CC1C1CCCC21. The molecule has 2 bridgehead atoms. The molecule has 3 aliphatic rings. The molecule has 3 fully saturated rings. The third kappa shape index (κ3) is 2.15. The average Bonchev–Trinajstić information content (AvgIpc) is 2.83. The first-order valence-corrected chi connectivity index (χ1v) is 7.56. The summed E-state index contributed by atoms with van der Waals surface area (Å²) in [5, 5.41) is 0. The Kier molecular flexibility index (Phi) is 3.20. The first-order valence-electron chi connectivity index (χ1n) is 7.56. The largest absolute Gasteiger partial charge is 0.360 e. The molecule has 2 N–H and O–H groups in total. The summed E-state index contributed by atoms with van der Waals surface area (Å²) in [6, 6.07) is 0. The van der Waals surface area contributed by atoms with Crippen LogP contribution < -0.4 is 5.73 Å². The van der Waals surface area contributed by atoms with Gasteiger partial charge < -0.3 is 10.5 Å². The van der Waals surface area contributed by atoms with Crippen LogP contribution in [0, 0.1) is 29.6 Å². The smallest absolute Gasteiger partial charge is 0.106 e. The third-order valence-electron chi connectivity index (χ3n) is 5.42. The Hall–Kier alpha value is -0.0800. The van der Waals surface area contributed by atoms with Crippen LogP contribution in [0.3, 0.4) is 0 Å². The highest BCUT2D eigenvalue weighted by atomic mass is 16.5. The molecule has 6 atom stereocenters. The molecular weight excluding hydrogens is 210 g/mol. The predicted molar refractivity (Wildman–Crippen MR) is 69.3 cm³/mol. The number of nitrogens with two attached hydrogens (primary N) is 1. The summed E-state index contributed by atoms with van der Waals surface area (Å²) in [4.78, 5) is 0. The molecule has 2 nitrogen and oxygen atoms in total. The van der Waals surface area contributed by atoms with Crippen LogP contribution in [0.1, 0.15) is 52.4 Å². The van der Waals surface area contributed by atoms with Gasteiger partial charge in [0, 0.05) is 0 Å². The molecule has 0 radical (unpaired) electrons. The molecule has 6 unspecified atom stereocenters. The van der Waals surface area contributed by atoms with Crippen LogP contribution in [-0.4, -0.2) is 12.3 Å². The van der Waals surface area contributed by atoms with Gasteiger partial charge in [-0.05, 0) is 61.7 Å². The molecular formula is C15H27NO. The average molecular weight is 237 g/mol. The Morgan fingerprint density at radius 3 is 2.65 bits per heavy atom. The van der Waals surface area contributed by atoms with Crippen molar-refractivity contribution in [3.8, 4) is 0 Å². The number of rotatable bonds is 4. The highest BCUT2D eigenvalue weighted by Gasteiger charge is 2.54. The molecule has 0 aromatic rings. The summed E-state index contributed by atoms with van der Waals surface area (Å²) in [5.41, 5.74) is 6.10. The van der Waals surface area contributed by atoms with Gasteiger partial charge in [0.15, 0.2) is 0 Å². The molecule has 17 heavy (non-hydrogen) atoms. The van der Waals surface area contributed by atoms with E-state index in [-0.39, 0.29) is 6.23 Å². The van der Waals surface area contributed by atoms with Gasteiger partial charge in [-0.25, -0.2) is 0 Å². The van der Waals surface area contributed by atoms with Crippen molar-refractivity contribution in [2.75, 3.05) is 0 Å². The van der Waals surface area contributed by atoms with Gasteiger partial charge in [0.2, 0.25) is 0 Å². The van der Waals surface area contributed by atoms with Gasteiger partial charge in [0.1, 0.15) is 6.23 Å². The highest BCUT2D eigenvalue weighted by Crippen LogP contribution is 2.59. The maximum atomic E-state index is 6.14. The maximum Gasteiger partial charge on any atom is 0.106 e. The molecule has 0 aromatic heterocycles. The van der Waals surface area contributed by atoms with Crippen molar-refractivity contribution in [3.05, 3.63) is 0 Å². The molecule has 3 aliphatic carbocycles. The lowest BCUT2D eigenvalue weighted by atomic mass is 9.80. The fraction of sp³-hybridized carbons (Fsp3) is 1.00. The van der Waals surface area contributed by atoms with E-state index in [4.69, 9.17) is 10.5 Å². The Morgan fingerprint density at radius 2 is 1.88 bits per heavy atom. The van der Waals surface area contributed by atoms with E-state index in [1.165, 1.54) is 32.1 Å². The van der Waals surface area contributed by atoms with Crippen molar-refractivity contribution < 1.29 is 4.74 Å². The van der Waals surface area contributed by atoms with Crippen LogP contribution in [0.2, 0.25) is 0 Å². The Balaban J connectivity index is 1.56. The van der Waals surface area contributed by atoms with Crippen LogP contribution in [0.5, 0.6) is 0 Å². The normalized spacial score (nSPS) is 45.5. The van der Waals surface area contributed by atoms with Gasteiger partial charge in [-0.1, -0.05) is 20.3 Å². The van der Waals surface area contributed by atoms with E-state index in [9.17, 15) is 0 Å². The highest BCUT2D eigenvalue weighted by molar-refractivity contribution is 5.03. The zero-order valence-electron chi connectivity index (χ0n) is 11.3. The fourth-order valence-electron chi connectivity index (χ4n) is 4.91. The summed E-state index contributed by atoms with van der Waals surface area (Å²) < 4.78 is 6.14. The standard InChI is InChI=1S/C15H27NO/c1-9(2)6-15(16)17-14-8-10-7-13(14)12-5-3-4-11(10)12/h9-15H,3-8,16H2,1-2H3. The van der Waals surface area contributed by atoms with Crippen LogP contribution in [0.4, 0.5) is 0 Å². The van der Waals surface area contributed by atoms with Crippen LogP contribution in [0.15, 0.2) is 0 Å². The first kappa shape index (κ1) is 12.0. The second-order valence-corrected chi connectivity index (χ2v) is 7.00. The van der Waals surface area contributed by atoms with Crippen molar-refractivity contribution in [3.63, 3.8) is 0 Å². The van der Waals surface area contributed by atoms with Gasteiger partial charge in [0.05, 0.1) is 6.10 Å². The van der Waals surface area contributed by atoms with Crippen molar-refractivity contribution in [1.82, 2.24) is 0 Å². The minimum Gasteiger partial charge on any atom is -0.360 e. The molecule has 3 rings (SSSR count). The minimum atomic E-state index is -0.0285. The van der Waals surface area contributed by atoms with Crippen LogP contribution >= 0.6 is 0 Å². The summed E-state index contributed by atoms with van der Waals surface area (Å²) in [5.74, 6) is 4.52. The van der Waals surface area contributed by atoms with Gasteiger partial charge in [-0.3, -0.25) is 0 Å². The Morgan fingerprint density at radius 1 is 1.12 bits per heavy atom.